The molecule has 0 saturated carbocycles. The van der Waals surface area contributed by atoms with Crippen molar-refractivity contribution < 1.29 is 17.9 Å². The first-order chi connectivity index (χ1) is 15.9. The number of halogens is 3. The van der Waals surface area contributed by atoms with Crippen LogP contribution in [0.3, 0.4) is 0 Å². The van der Waals surface area contributed by atoms with Gasteiger partial charge in [0.25, 0.3) is 5.56 Å². The molecule has 0 saturated heterocycles. The maximum Gasteiger partial charge on any atom is 0.417 e. The van der Waals surface area contributed by atoms with Gasteiger partial charge in [-0.05, 0) is 60.7 Å². The molecule has 1 aromatic carbocycles. The van der Waals surface area contributed by atoms with Gasteiger partial charge >= 0.3 is 6.18 Å². The van der Waals surface area contributed by atoms with Gasteiger partial charge in [-0.3, -0.25) is 14.3 Å². The lowest BCUT2D eigenvalue weighted by Crippen LogP contribution is -2.16. The summed E-state index contributed by atoms with van der Waals surface area (Å²) in [4.78, 5) is 17.9. The third-order valence-electron chi connectivity index (χ3n) is 5.63. The van der Waals surface area contributed by atoms with Gasteiger partial charge in [0.15, 0.2) is 0 Å². The number of ether oxygens (including phenoxy) is 1. The molecule has 0 bridgehead atoms. The van der Waals surface area contributed by atoms with Gasteiger partial charge in [0.05, 0.1) is 16.9 Å². The Balaban J connectivity index is 1.33. The van der Waals surface area contributed by atoms with Gasteiger partial charge in [-0.1, -0.05) is 6.07 Å². The van der Waals surface area contributed by atoms with Crippen LogP contribution >= 0.6 is 11.3 Å². The molecular formula is C24H20F3N3O2S. The van der Waals surface area contributed by atoms with Crippen LogP contribution in [0.15, 0.2) is 59.7 Å². The van der Waals surface area contributed by atoms with E-state index in [-0.39, 0.29) is 12.2 Å². The molecule has 5 rings (SSSR count). The van der Waals surface area contributed by atoms with E-state index in [2.05, 4.69) is 16.4 Å². The Hall–Kier alpha value is -3.17. The summed E-state index contributed by atoms with van der Waals surface area (Å²) >= 11 is 1.76. The zero-order valence-corrected chi connectivity index (χ0v) is 18.3. The predicted molar refractivity (Wildman–Crippen MR) is 121 cm³/mol. The minimum atomic E-state index is -4.43. The molecule has 0 atom stereocenters. The molecule has 4 aromatic rings. The molecule has 0 unspecified atom stereocenters. The smallest absolute Gasteiger partial charge is 0.417 e. The predicted octanol–water partition coefficient (Wildman–Crippen LogP) is 5.08. The monoisotopic (exact) mass is 471 g/mol. The van der Waals surface area contributed by atoms with E-state index in [4.69, 9.17) is 4.74 Å². The quantitative estimate of drug-likeness (QED) is 0.451. The molecule has 0 aliphatic carbocycles. The van der Waals surface area contributed by atoms with Crippen molar-refractivity contribution in [2.75, 3.05) is 6.54 Å². The third-order valence-corrected chi connectivity index (χ3v) is 6.83. The fourth-order valence-electron chi connectivity index (χ4n) is 3.95. The summed E-state index contributed by atoms with van der Waals surface area (Å²) < 4.78 is 46.2. The molecule has 0 fully saturated rings. The minimum Gasteiger partial charge on any atom is -0.487 e. The zero-order chi connectivity index (χ0) is 23.0. The topological polar surface area (TPSA) is 56.1 Å². The summed E-state index contributed by atoms with van der Waals surface area (Å²) in [7, 11) is 0. The standard InChI is InChI=1S/C24H20F3N3O2S/c25-24(26,27)15-3-4-16(29-12-15)14-32-18-7-9-30(23(31)11-18)17-5-6-20-19-2-1-8-28-13-22(19)33-21(20)10-17/h3-7,9-12,28H,1-2,8,13-14H2. The van der Waals surface area contributed by atoms with E-state index >= 15 is 0 Å². The average Bonchev–Trinajstić information content (AvgIpc) is 2.97. The van der Waals surface area contributed by atoms with Crippen molar-refractivity contribution in [1.29, 1.82) is 0 Å². The van der Waals surface area contributed by atoms with E-state index in [9.17, 15) is 18.0 Å². The van der Waals surface area contributed by atoms with Gasteiger partial charge in [0, 0.05) is 34.6 Å². The van der Waals surface area contributed by atoms with Gasteiger partial charge in [0.2, 0.25) is 0 Å². The number of hydrogen-bond donors (Lipinski definition) is 1. The van der Waals surface area contributed by atoms with Crippen molar-refractivity contribution in [2.45, 2.75) is 32.2 Å². The molecule has 170 valence electrons. The lowest BCUT2D eigenvalue weighted by atomic mass is 10.1. The number of alkyl halides is 3. The number of aromatic nitrogens is 2. The highest BCUT2D eigenvalue weighted by atomic mass is 32.1. The summed E-state index contributed by atoms with van der Waals surface area (Å²) in [5.41, 5.74) is 1.44. The molecule has 1 N–H and O–H groups in total. The summed E-state index contributed by atoms with van der Waals surface area (Å²) in [6.45, 7) is 1.87. The van der Waals surface area contributed by atoms with Crippen LogP contribution in [-0.2, 0) is 25.7 Å². The molecule has 0 amide bonds. The van der Waals surface area contributed by atoms with Crippen molar-refractivity contribution in [3.8, 4) is 11.4 Å². The highest BCUT2D eigenvalue weighted by Gasteiger charge is 2.30. The van der Waals surface area contributed by atoms with Crippen LogP contribution < -0.4 is 15.6 Å². The Bertz CT molecular complexity index is 1360. The molecule has 0 radical (unpaired) electrons. The Kier molecular flexibility index (Phi) is 5.67. The number of nitrogens with one attached hydrogen (secondary N) is 1. The Morgan fingerprint density at radius 2 is 2.03 bits per heavy atom. The maximum atomic E-state index is 12.7. The summed E-state index contributed by atoms with van der Waals surface area (Å²) in [5.74, 6) is 0.327. The third kappa shape index (κ3) is 4.51. The SMILES string of the molecule is O=c1cc(OCc2ccc(C(F)(F)F)cn2)ccn1-c1ccc2c3c(sc2c1)CNCCC3. The fourth-order valence-corrected chi connectivity index (χ4v) is 5.20. The van der Waals surface area contributed by atoms with Crippen LogP contribution in [0.4, 0.5) is 13.2 Å². The summed E-state index contributed by atoms with van der Waals surface area (Å²) in [6, 6.07) is 11.3. The second-order valence-electron chi connectivity index (χ2n) is 7.86. The van der Waals surface area contributed by atoms with Crippen molar-refractivity contribution in [3.63, 3.8) is 0 Å². The Morgan fingerprint density at radius 3 is 2.79 bits per heavy atom. The highest BCUT2D eigenvalue weighted by molar-refractivity contribution is 7.19. The number of pyridine rings is 2. The fraction of sp³-hybridized carbons (Fsp3) is 0.250. The van der Waals surface area contributed by atoms with E-state index in [1.165, 1.54) is 28.0 Å². The Labute approximate surface area is 191 Å². The van der Waals surface area contributed by atoms with E-state index in [0.29, 0.717) is 11.4 Å². The van der Waals surface area contributed by atoms with Gasteiger partial charge in [-0.15, -0.1) is 11.3 Å². The van der Waals surface area contributed by atoms with Gasteiger partial charge in [0.1, 0.15) is 12.4 Å². The van der Waals surface area contributed by atoms with E-state index in [0.717, 1.165) is 48.6 Å². The van der Waals surface area contributed by atoms with Crippen LogP contribution in [0.5, 0.6) is 5.75 Å². The first-order valence-electron chi connectivity index (χ1n) is 10.5. The molecule has 1 aliphatic rings. The first kappa shape index (κ1) is 21.7. The van der Waals surface area contributed by atoms with Gasteiger partial charge < -0.3 is 10.1 Å². The number of hydrogen-bond acceptors (Lipinski definition) is 5. The second kappa shape index (κ2) is 8.64. The number of benzene rings is 1. The van der Waals surface area contributed by atoms with Gasteiger partial charge in [-0.25, -0.2) is 0 Å². The van der Waals surface area contributed by atoms with Crippen molar-refractivity contribution in [3.05, 3.63) is 86.9 Å². The summed E-state index contributed by atoms with van der Waals surface area (Å²) in [5, 5.41) is 4.70. The van der Waals surface area contributed by atoms with Gasteiger partial charge in [-0.2, -0.15) is 13.2 Å². The molecule has 1 aliphatic heterocycles. The van der Waals surface area contributed by atoms with Crippen LogP contribution in [-0.4, -0.2) is 16.1 Å². The molecule has 0 spiro atoms. The van der Waals surface area contributed by atoms with E-state index in [1.54, 1.807) is 28.2 Å². The lowest BCUT2D eigenvalue weighted by molar-refractivity contribution is -0.137. The molecule has 33 heavy (non-hydrogen) atoms. The van der Waals surface area contributed by atoms with Crippen LogP contribution in [0.2, 0.25) is 0 Å². The first-order valence-corrected chi connectivity index (χ1v) is 11.3. The molecule has 4 heterocycles. The van der Waals surface area contributed by atoms with Crippen LogP contribution in [0, 0.1) is 0 Å². The second-order valence-corrected chi connectivity index (χ2v) is 9.00. The largest absolute Gasteiger partial charge is 0.487 e. The number of nitrogens with zero attached hydrogens (tertiary/aromatic N) is 2. The molecule has 9 heteroatoms. The summed E-state index contributed by atoms with van der Waals surface area (Å²) in [6.07, 6.45) is 0.148. The maximum absolute atomic E-state index is 12.7. The average molecular weight is 472 g/mol. The molecular weight excluding hydrogens is 451 g/mol. The van der Waals surface area contributed by atoms with Crippen LogP contribution in [0.25, 0.3) is 15.8 Å². The minimum absolute atomic E-state index is 0.0394. The normalized spacial score (nSPS) is 14.2. The zero-order valence-electron chi connectivity index (χ0n) is 17.5. The van der Waals surface area contributed by atoms with E-state index < -0.39 is 11.7 Å². The van der Waals surface area contributed by atoms with Crippen molar-refractivity contribution in [2.24, 2.45) is 0 Å². The van der Waals surface area contributed by atoms with Crippen molar-refractivity contribution >= 4 is 21.4 Å². The Morgan fingerprint density at radius 1 is 1.15 bits per heavy atom. The van der Waals surface area contributed by atoms with E-state index in [1.807, 2.05) is 12.1 Å². The molecule has 3 aromatic heterocycles. The number of aryl methyl sites for hydroxylation is 1. The van der Waals surface area contributed by atoms with Crippen molar-refractivity contribution in [1.82, 2.24) is 14.9 Å². The molecule has 5 nitrogen and oxygen atoms in total. The number of rotatable bonds is 4. The lowest BCUT2D eigenvalue weighted by Gasteiger charge is -2.10. The number of thiophene rings is 1. The van der Waals surface area contributed by atoms with Crippen LogP contribution in [0.1, 0.15) is 28.1 Å². The highest BCUT2D eigenvalue weighted by Crippen LogP contribution is 2.34. The number of fused-ring (bicyclic) bond motifs is 3.